The number of likely N-dealkylation sites (tertiary alicyclic amines) is 1. The first-order valence-electron chi connectivity index (χ1n) is 7.55. The highest BCUT2D eigenvalue weighted by atomic mass is 32.2. The summed E-state index contributed by atoms with van der Waals surface area (Å²) in [5.41, 5.74) is 0.0778. The van der Waals surface area contributed by atoms with Crippen LogP contribution in [0, 0.1) is 5.92 Å². The molecular weight excluding hydrogens is 370 g/mol. The summed E-state index contributed by atoms with van der Waals surface area (Å²) in [5, 5.41) is 17.0. The zero-order valence-corrected chi connectivity index (χ0v) is 15.5. The zero-order chi connectivity index (χ0) is 19.9. The number of ether oxygens (including phenoxy) is 1. The van der Waals surface area contributed by atoms with Gasteiger partial charge < -0.3 is 19.4 Å². The van der Waals surface area contributed by atoms with E-state index in [4.69, 9.17) is 14.3 Å². The minimum absolute atomic E-state index is 0.0778. The highest BCUT2D eigenvalue weighted by Gasteiger charge is 2.35. The molecule has 2 heterocycles. The highest BCUT2D eigenvalue weighted by molar-refractivity contribution is 7.89. The average molecular weight is 393 g/mol. The monoisotopic (exact) mass is 393 g/mol. The van der Waals surface area contributed by atoms with Crippen LogP contribution in [0.1, 0.15) is 16.4 Å². The first-order chi connectivity index (χ1) is 12.1. The van der Waals surface area contributed by atoms with E-state index in [1.165, 1.54) is 27.5 Å². The molecule has 26 heavy (non-hydrogen) atoms. The molecule has 148 valence electrons. The Hall–Kier alpha value is -2.02. The van der Waals surface area contributed by atoms with E-state index in [9.17, 15) is 18.3 Å². The fourth-order valence-electron chi connectivity index (χ4n) is 2.43. The van der Waals surface area contributed by atoms with Crippen LogP contribution in [0.4, 0.5) is 0 Å². The zero-order valence-electron chi connectivity index (χ0n) is 14.7. The van der Waals surface area contributed by atoms with Gasteiger partial charge in [0.2, 0.25) is 15.9 Å². The average Bonchev–Trinajstić information content (AvgIpc) is 3.14. The van der Waals surface area contributed by atoms with Crippen LogP contribution in [0.5, 0.6) is 0 Å². The SMILES string of the molecule is COC(=O)c1coc(CN2C[C@@H](CS(=O)(=O)N(C)C)[C@H](O)C2)n1.O=CO. The summed E-state index contributed by atoms with van der Waals surface area (Å²) in [6.45, 7) is 0.764. The number of oxazole rings is 1. The summed E-state index contributed by atoms with van der Waals surface area (Å²) in [6.07, 6.45) is 0.474. The molecule has 1 fully saturated rings. The lowest BCUT2D eigenvalue weighted by atomic mass is 10.1. The Balaban J connectivity index is 0.00000105. The number of hydrogen-bond donors (Lipinski definition) is 2. The second-order valence-electron chi connectivity index (χ2n) is 5.81. The summed E-state index contributed by atoms with van der Waals surface area (Å²) >= 11 is 0. The number of hydrogen-bond acceptors (Lipinski definition) is 9. The Morgan fingerprint density at radius 3 is 2.65 bits per heavy atom. The largest absolute Gasteiger partial charge is 0.483 e. The molecule has 1 aromatic rings. The van der Waals surface area contributed by atoms with Crippen molar-refractivity contribution in [3.63, 3.8) is 0 Å². The molecule has 1 aliphatic rings. The van der Waals surface area contributed by atoms with Crippen LogP contribution in [0.3, 0.4) is 0 Å². The van der Waals surface area contributed by atoms with E-state index >= 15 is 0 Å². The lowest BCUT2D eigenvalue weighted by Gasteiger charge is -2.17. The normalized spacial score (nSPS) is 20.5. The van der Waals surface area contributed by atoms with Crippen LogP contribution in [0.2, 0.25) is 0 Å². The Morgan fingerprint density at radius 2 is 2.12 bits per heavy atom. The fourth-order valence-corrected chi connectivity index (χ4v) is 3.59. The van der Waals surface area contributed by atoms with Crippen LogP contribution < -0.4 is 0 Å². The number of carbonyl (C=O) groups is 2. The Kier molecular flexibility index (Phi) is 8.14. The second-order valence-corrected chi connectivity index (χ2v) is 8.03. The number of esters is 1. The number of nitrogens with zero attached hydrogens (tertiary/aromatic N) is 3. The molecule has 0 amide bonds. The molecule has 0 bridgehead atoms. The van der Waals surface area contributed by atoms with Gasteiger partial charge in [-0.25, -0.2) is 22.5 Å². The van der Waals surface area contributed by atoms with E-state index in [1.54, 1.807) is 0 Å². The number of sulfonamides is 1. The van der Waals surface area contributed by atoms with Crippen LogP contribution in [0.25, 0.3) is 0 Å². The quantitative estimate of drug-likeness (QED) is 0.447. The minimum Gasteiger partial charge on any atom is -0.483 e. The van der Waals surface area contributed by atoms with E-state index < -0.39 is 22.1 Å². The van der Waals surface area contributed by atoms with Crippen molar-refractivity contribution in [2.75, 3.05) is 40.0 Å². The molecule has 2 N–H and O–H groups in total. The lowest BCUT2D eigenvalue weighted by molar-refractivity contribution is -0.122. The molecule has 0 aliphatic carbocycles. The number of carbonyl (C=O) groups excluding carboxylic acids is 1. The van der Waals surface area contributed by atoms with Gasteiger partial charge in [-0.15, -0.1) is 0 Å². The van der Waals surface area contributed by atoms with E-state index in [0.717, 1.165) is 4.31 Å². The Morgan fingerprint density at radius 1 is 1.50 bits per heavy atom. The van der Waals surface area contributed by atoms with E-state index in [-0.39, 0.29) is 30.4 Å². The molecule has 0 radical (unpaired) electrons. The number of aliphatic hydroxyl groups excluding tert-OH is 1. The van der Waals surface area contributed by atoms with Crippen molar-refractivity contribution >= 4 is 22.5 Å². The summed E-state index contributed by atoms with van der Waals surface area (Å²) in [5.74, 6) is -0.765. The van der Waals surface area contributed by atoms with Gasteiger partial charge in [0.25, 0.3) is 6.47 Å². The second kappa shape index (κ2) is 9.62. The third-order valence-electron chi connectivity index (χ3n) is 3.77. The van der Waals surface area contributed by atoms with Crippen LogP contribution in [-0.2, 0) is 26.1 Å². The molecule has 0 saturated carbocycles. The summed E-state index contributed by atoms with van der Waals surface area (Å²) < 4.78 is 34.7. The maximum Gasteiger partial charge on any atom is 0.360 e. The molecule has 1 aliphatic heterocycles. The van der Waals surface area contributed by atoms with Crippen molar-refractivity contribution < 1.29 is 37.4 Å². The van der Waals surface area contributed by atoms with Crippen LogP contribution in [-0.4, -0.2) is 91.4 Å². The van der Waals surface area contributed by atoms with Gasteiger partial charge in [0, 0.05) is 33.1 Å². The predicted molar refractivity (Wildman–Crippen MR) is 88.8 cm³/mol. The van der Waals surface area contributed by atoms with Gasteiger partial charge in [0.05, 0.1) is 25.5 Å². The Labute approximate surface area is 151 Å². The molecule has 0 unspecified atom stereocenters. The third kappa shape index (κ3) is 6.05. The van der Waals surface area contributed by atoms with E-state index in [0.29, 0.717) is 19.0 Å². The number of aliphatic hydroxyl groups is 1. The number of aromatic nitrogens is 1. The molecule has 1 aromatic heterocycles. The summed E-state index contributed by atoms with van der Waals surface area (Å²) in [7, 11) is 0.814. The van der Waals surface area contributed by atoms with E-state index in [1.807, 2.05) is 4.90 Å². The Bertz CT molecular complexity index is 703. The van der Waals surface area contributed by atoms with Crippen LogP contribution >= 0.6 is 0 Å². The van der Waals surface area contributed by atoms with Gasteiger partial charge in [-0.3, -0.25) is 9.69 Å². The van der Waals surface area contributed by atoms with Crippen molar-refractivity contribution in [3.05, 3.63) is 17.8 Å². The molecule has 2 atom stereocenters. The molecule has 11 nitrogen and oxygen atoms in total. The standard InChI is InChI=1S/C13H21N3O6S.CH2O2/c1-15(2)23(19,20)8-9-4-16(5-11(9)17)6-12-14-10(7-22-12)13(18)21-3;2-1-3/h7,9,11,17H,4-6,8H2,1-3H3;1H,(H,2,3)/t9-,11+;/m0./s1. The summed E-state index contributed by atoms with van der Waals surface area (Å²) in [4.78, 5) is 25.5. The van der Waals surface area contributed by atoms with Gasteiger partial charge in [-0.2, -0.15) is 0 Å². The van der Waals surface area contributed by atoms with Gasteiger partial charge in [0.15, 0.2) is 5.69 Å². The molecule has 1 saturated heterocycles. The van der Waals surface area contributed by atoms with Crippen molar-refractivity contribution in [2.24, 2.45) is 5.92 Å². The number of carboxylic acid groups (broad SMARTS) is 1. The lowest BCUT2D eigenvalue weighted by Crippen LogP contribution is -2.33. The number of methoxy groups -OCH3 is 1. The third-order valence-corrected chi connectivity index (χ3v) is 5.73. The molecular formula is C14H23N3O8S. The van der Waals surface area contributed by atoms with Crippen LogP contribution in [0.15, 0.2) is 10.7 Å². The van der Waals surface area contributed by atoms with Gasteiger partial charge in [0.1, 0.15) is 6.26 Å². The molecule has 0 spiro atoms. The van der Waals surface area contributed by atoms with Gasteiger partial charge in [-0.05, 0) is 0 Å². The minimum atomic E-state index is -3.37. The topological polar surface area (TPSA) is 150 Å². The first-order valence-corrected chi connectivity index (χ1v) is 9.16. The van der Waals surface area contributed by atoms with E-state index in [2.05, 4.69) is 9.72 Å². The van der Waals surface area contributed by atoms with Crippen molar-refractivity contribution in [1.29, 1.82) is 0 Å². The number of β-amino-alcohol motifs (C(OH)–C–C–N with tert-alkyl or cyclic N) is 1. The highest BCUT2D eigenvalue weighted by Crippen LogP contribution is 2.21. The molecule has 12 heteroatoms. The fraction of sp³-hybridized carbons (Fsp3) is 0.643. The molecule has 2 rings (SSSR count). The van der Waals surface area contributed by atoms with Crippen molar-refractivity contribution in [3.8, 4) is 0 Å². The van der Waals surface area contributed by atoms with Gasteiger partial charge in [-0.1, -0.05) is 0 Å². The maximum absolute atomic E-state index is 11.9. The molecule has 0 aromatic carbocycles. The maximum atomic E-state index is 11.9. The predicted octanol–water partition coefficient (Wildman–Crippen LogP) is -1.15. The first kappa shape index (κ1) is 22.0. The van der Waals surface area contributed by atoms with Crippen molar-refractivity contribution in [1.82, 2.24) is 14.2 Å². The van der Waals surface area contributed by atoms with Crippen molar-refractivity contribution in [2.45, 2.75) is 12.6 Å². The number of rotatable bonds is 6. The summed E-state index contributed by atoms with van der Waals surface area (Å²) in [6, 6.07) is 0. The smallest absolute Gasteiger partial charge is 0.360 e. The van der Waals surface area contributed by atoms with Gasteiger partial charge >= 0.3 is 5.97 Å².